The van der Waals surface area contributed by atoms with Gasteiger partial charge in [-0.3, -0.25) is 4.79 Å². The van der Waals surface area contributed by atoms with Gasteiger partial charge in [-0.1, -0.05) is 0 Å². The molecule has 0 spiro atoms. The molecule has 1 amide bonds. The fourth-order valence-electron chi connectivity index (χ4n) is 3.35. The number of carbonyl (C=O) groups is 1. The van der Waals surface area contributed by atoms with Gasteiger partial charge in [-0.05, 0) is 51.3 Å². The third-order valence-electron chi connectivity index (χ3n) is 4.71. The van der Waals surface area contributed by atoms with E-state index in [2.05, 4.69) is 10.6 Å². The third-order valence-corrected chi connectivity index (χ3v) is 8.04. The summed E-state index contributed by atoms with van der Waals surface area (Å²) in [6.07, 6.45) is 3.53. The lowest BCUT2D eigenvalue weighted by atomic mass is 9.97. The van der Waals surface area contributed by atoms with Crippen molar-refractivity contribution in [2.45, 2.75) is 42.9 Å². The molecule has 2 atom stereocenters. The summed E-state index contributed by atoms with van der Waals surface area (Å²) in [7, 11) is -3.48. The lowest BCUT2D eigenvalue weighted by molar-refractivity contribution is -0.126. The molecule has 9 heteroatoms. The number of nitrogens with one attached hydrogen (secondary N) is 2. The number of hydrogen-bond donors (Lipinski definition) is 2. The lowest BCUT2D eigenvalue weighted by Gasteiger charge is -2.32. The van der Waals surface area contributed by atoms with Crippen LogP contribution in [0.15, 0.2) is 16.3 Å². The highest BCUT2D eigenvalue weighted by atomic mass is 35.5. The summed E-state index contributed by atoms with van der Waals surface area (Å²) in [6.45, 7) is 4.48. The van der Waals surface area contributed by atoms with Gasteiger partial charge in [0.05, 0.1) is 5.92 Å². The standard InChI is InChI=1S/C16H25N3O3S2.ClH/c1-12-6-7-15(23-12)24(21,22)19-9-3-4-13(11-19)16(20)18-14-5-2-8-17-10-14;/h6-7,13-14,17H,2-5,8-11H2,1H3,(H,18,20);1H. The summed E-state index contributed by atoms with van der Waals surface area (Å²) < 4.78 is 27.4. The highest BCUT2D eigenvalue weighted by molar-refractivity contribution is 7.91. The molecule has 0 saturated carbocycles. The van der Waals surface area contributed by atoms with Crippen LogP contribution in [-0.4, -0.2) is 50.9 Å². The lowest BCUT2D eigenvalue weighted by Crippen LogP contribution is -2.51. The van der Waals surface area contributed by atoms with Gasteiger partial charge in [0, 0.05) is 30.6 Å². The van der Waals surface area contributed by atoms with Crippen molar-refractivity contribution < 1.29 is 13.2 Å². The Labute approximate surface area is 159 Å². The van der Waals surface area contributed by atoms with Crippen LogP contribution in [0.5, 0.6) is 0 Å². The van der Waals surface area contributed by atoms with E-state index in [4.69, 9.17) is 0 Å². The molecule has 2 unspecified atom stereocenters. The first kappa shape index (κ1) is 20.6. The summed E-state index contributed by atoms with van der Waals surface area (Å²) in [4.78, 5) is 13.5. The van der Waals surface area contributed by atoms with Crippen LogP contribution < -0.4 is 10.6 Å². The van der Waals surface area contributed by atoms with Crippen molar-refractivity contribution in [2.75, 3.05) is 26.2 Å². The maximum absolute atomic E-state index is 12.8. The van der Waals surface area contributed by atoms with E-state index in [-0.39, 0.29) is 36.8 Å². The van der Waals surface area contributed by atoms with Crippen LogP contribution in [0.25, 0.3) is 0 Å². The largest absolute Gasteiger partial charge is 0.352 e. The summed E-state index contributed by atoms with van der Waals surface area (Å²) in [5.41, 5.74) is 0. The first-order chi connectivity index (χ1) is 11.5. The number of aryl methyl sites for hydroxylation is 1. The Morgan fingerprint density at radius 2 is 2.12 bits per heavy atom. The second-order valence-corrected chi connectivity index (χ2v) is 10.1. The predicted octanol–water partition coefficient (Wildman–Crippen LogP) is 1.75. The summed E-state index contributed by atoms with van der Waals surface area (Å²) >= 11 is 1.29. The second kappa shape index (κ2) is 8.81. The highest BCUT2D eigenvalue weighted by Gasteiger charge is 2.34. The number of rotatable bonds is 4. The first-order valence-electron chi connectivity index (χ1n) is 8.54. The molecule has 0 aromatic carbocycles. The molecule has 3 rings (SSSR count). The van der Waals surface area contributed by atoms with Gasteiger partial charge in [-0.2, -0.15) is 4.31 Å². The van der Waals surface area contributed by atoms with Crippen LogP contribution >= 0.6 is 23.7 Å². The van der Waals surface area contributed by atoms with Gasteiger partial charge in [0.25, 0.3) is 10.0 Å². The van der Waals surface area contributed by atoms with Gasteiger partial charge in [0.15, 0.2) is 0 Å². The average Bonchev–Trinajstić information content (AvgIpc) is 3.03. The minimum Gasteiger partial charge on any atom is -0.352 e. The zero-order valence-corrected chi connectivity index (χ0v) is 16.8. The van der Waals surface area contributed by atoms with Crippen molar-refractivity contribution in [1.29, 1.82) is 0 Å². The number of thiophene rings is 1. The molecular formula is C16H26ClN3O3S2. The van der Waals surface area contributed by atoms with Crippen LogP contribution in [0.3, 0.4) is 0 Å². The molecule has 6 nitrogen and oxygen atoms in total. The maximum atomic E-state index is 12.8. The van der Waals surface area contributed by atoms with Gasteiger partial charge in [0.1, 0.15) is 4.21 Å². The predicted molar refractivity (Wildman–Crippen MR) is 102 cm³/mol. The molecule has 0 bridgehead atoms. The summed E-state index contributed by atoms with van der Waals surface area (Å²) in [5.74, 6) is -0.262. The molecule has 2 fully saturated rings. The van der Waals surface area contributed by atoms with E-state index >= 15 is 0 Å². The van der Waals surface area contributed by atoms with Crippen molar-refractivity contribution in [3.8, 4) is 0 Å². The Kier molecular flexibility index (Phi) is 7.28. The molecule has 142 valence electrons. The third kappa shape index (κ3) is 4.95. The topological polar surface area (TPSA) is 78.5 Å². The monoisotopic (exact) mass is 407 g/mol. The molecule has 0 radical (unpaired) electrons. The highest BCUT2D eigenvalue weighted by Crippen LogP contribution is 2.28. The molecule has 1 aromatic heterocycles. The van der Waals surface area contributed by atoms with E-state index in [1.165, 1.54) is 15.6 Å². The SMILES string of the molecule is Cc1ccc(S(=O)(=O)N2CCCC(C(=O)NC3CCCNC3)C2)s1.Cl. The van der Waals surface area contributed by atoms with Crippen molar-refractivity contribution in [3.63, 3.8) is 0 Å². The van der Waals surface area contributed by atoms with Crippen LogP contribution in [-0.2, 0) is 14.8 Å². The number of carbonyl (C=O) groups excluding carboxylic acids is 1. The first-order valence-corrected chi connectivity index (χ1v) is 10.8. The van der Waals surface area contributed by atoms with Crippen LogP contribution in [0, 0.1) is 12.8 Å². The van der Waals surface area contributed by atoms with Gasteiger partial charge < -0.3 is 10.6 Å². The van der Waals surface area contributed by atoms with Crippen LogP contribution in [0.1, 0.15) is 30.6 Å². The van der Waals surface area contributed by atoms with Gasteiger partial charge >= 0.3 is 0 Å². The van der Waals surface area contributed by atoms with Crippen molar-refractivity contribution in [2.24, 2.45) is 5.92 Å². The van der Waals surface area contributed by atoms with E-state index < -0.39 is 10.0 Å². The molecule has 25 heavy (non-hydrogen) atoms. The fourth-order valence-corrected chi connectivity index (χ4v) is 6.31. The van der Waals surface area contributed by atoms with Crippen LogP contribution in [0.4, 0.5) is 0 Å². The van der Waals surface area contributed by atoms with Gasteiger partial charge in [0.2, 0.25) is 5.91 Å². The Morgan fingerprint density at radius 3 is 2.76 bits per heavy atom. The Morgan fingerprint density at radius 1 is 1.32 bits per heavy atom. The minimum atomic E-state index is -3.48. The zero-order valence-electron chi connectivity index (χ0n) is 14.4. The fraction of sp³-hybridized carbons (Fsp3) is 0.688. The minimum absolute atomic E-state index is 0. The average molecular weight is 408 g/mol. The van der Waals surface area contributed by atoms with Crippen molar-refractivity contribution in [3.05, 3.63) is 17.0 Å². The molecule has 2 aliphatic heterocycles. The number of piperidine rings is 2. The van der Waals surface area contributed by atoms with E-state index in [0.717, 1.165) is 43.6 Å². The molecule has 2 saturated heterocycles. The number of nitrogens with zero attached hydrogens (tertiary/aromatic N) is 1. The van der Waals surface area contributed by atoms with Gasteiger partial charge in [-0.25, -0.2) is 8.42 Å². The zero-order chi connectivity index (χ0) is 17.2. The molecule has 3 heterocycles. The second-order valence-electron chi connectivity index (χ2n) is 6.62. The molecule has 2 N–H and O–H groups in total. The number of amides is 1. The summed E-state index contributed by atoms with van der Waals surface area (Å²) in [5, 5.41) is 6.36. The Balaban J connectivity index is 0.00000225. The van der Waals surface area contributed by atoms with Gasteiger partial charge in [-0.15, -0.1) is 23.7 Å². The number of halogens is 1. The number of hydrogen-bond acceptors (Lipinski definition) is 5. The van der Waals surface area contributed by atoms with E-state index in [1.54, 1.807) is 6.07 Å². The Hall–Kier alpha value is -0.670. The van der Waals surface area contributed by atoms with Crippen molar-refractivity contribution >= 4 is 39.7 Å². The molecule has 0 aliphatic carbocycles. The smallest absolute Gasteiger partial charge is 0.252 e. The normalized spacial score (nSPS) is 25.2. The molecule has 1 aromatic rings. The summed E-state index contributed by atoms with van der Waals surface area (Å²) in [6, 6.07) is 3.65. The van der Waals surface area contributed by atoms with E-state index in [0.29, 0.717) is 10.8 Å². The van der Waals surface area contributed by atoms with Crippen molar-refractivity contribution in [1.82, 2.24) is 14.9 Å². The van der Waals surface area contributed by atoms with Crippen LogP contribution in [0.2, 0.25) is 0 Å². The number of sulfonamides is 1. The Bertz CT molecular complexity index is 687. The van der Waals surface area contributed by atoms with E-state index in [1.807, 2.05) is 13.0 Å². The van der Waals surface area contributed by atoms with E-state index in [9.17, 15) is 13.2 Å². The molecule has 2 aliphatic rings. The quantitative estimate of drug-likeness (QED) is 0.796. The maximum Gasteiger partial charge on any atom is 0.252 e. The molecular weight excluding hydrogens is 382 g/mol.